The Morgan fingerprint density at radius 3 is 2.30 bits per heavy atom. The molecule has 0 radical (unpaired) electrons. The molecule has 2 N–H and O–H groups in total. The van der Waals surface area contributed by atoms with Crippen LogP contribution in [0, 0.1) is 6.92 Å². The Morgan fingerprint density at radius 2 is 1.60 bits per heavy atom. The summed E-state index contributed by atoms with van der Waals surface area (Å²) in [6.45, 7) is 7.74. The number of methoxy groups -OCH3 is 2. The van der Waals surface area contributed by atoms with Crippen LogP contribution in [0.3, 0.4) is 0 Å². The molecular formula is C36H44N2O9. The zero-order valence-electron chi connectivity index (χ0n) is 27.7. The molecular weight excluding hydrogens is 604 g/mol. The predicted octanol–water partition coefficient (Wildman–Crippen LogP) is 3.76. The number of likely N-dealkylation sites (N-methyl/N-ethyl adjacent to an activating group) is 1. The van der Waals surface area contributed by atoms with Gasteiger partial charge in [-0.3, -0.25) is 0 Å². The molecule has 11 nitrogen and oxygen atoms in total. The van der Waals surface area contributed by atoms with Crippen molar-refractivity contribution in [2.45, 2.75) is 25.6 Å². The topological polar surface area (TPSA) is 119 Å². The predicted molar refractivity (Wildman–Crippen MR) is 176 cm³/mol. The third-order valence-electron chi connectivity index (χ3n) is 8.62. The summed E-state index contributed by atoms with van der Waals surface area (Å²) < 4.78 is 34.5. The Labute approximate surface area is 275 Å². The molecule has 0 aliphatic carbocycles. The van der Waals surface area contributed by atoms with Gasteiger partial charge in [0.15, 0.2) is 23.0 Å². The SMILES string of the molecule is CO.COc1cc(CC2=C(c3ccc4c(c3)OCO4)C(=O)OC2(O)c2ccc(C)cc2)cc(OCCCN2CCN(C)CC2)c1OC. The first-order valence-corrected chi connectivity index (χ1v) is 15.7. The minimum Gasteiger partial charge on any atom is -0.493 e. The average Bonchev–Trinajstić information content (AvgIpc) is 3.66. The average molecular weight is 649 g/mol. The van der Waals surface area contributed by atoms with Crippen LogP contribution in [0.15, 0.2) is 60.2 Å². The van der Waals surface area contributed by atoms with Crippen LogP contribution in [-0.2, 0) is 21.7 Å². The van der Waals surface area contributed by atoms with E-state index in [0.717, 1.165) is 57.4 Å². The number of aliphatic hydroxyl groups excluding tert-OH is 1. The summed E-state index contributed by atoms with van der Waals surface area (Å²) in [6.07, 6.45) is 1.02. The lowest BCUT2D eigenvalue weighted by Gasteiger charge is -2.32. The number of benzene rings is 3. The third kappa shape index (κ3) is 7.33. The normalized spacial score (nSPS) is 19.3. The molecule has 3 aromatic rings. The number of carbonyl (C=O) groups excluding carboxylic acids is 1. The lowest BCUT2D eigenvalue weighted by molar-refractivity contribution is -0.185. The van der Waals surface area contributed by atoms with Gasteiger partial charge in [0.25, 0.3) is 5.79 Å². The van der Waals surface area contributed by atoms with E-state index in [0.29, 0.717) is 52.1 Å². The highest BCUT2D eigenvalue weighted by atomic mass is 16.7. The number of aryl methyl sites for hydroxylation is 1. The molecule has 0 aromatic heterocycles. The number of carbonyl (C=O) groups is 1. The summed E-state index contributed by atoms with van der Waals surface area (Å²) in [6, 6.07) is 16.3. The summed E-state index contributed by atoms with van der Waals surface area (Å²) in [5, 5.41) is 19.1. The van der Waals surface area contributed by atoms with Crippen molar-refractivity contribution < 1.29 is 43.4 Å². The molecule has 3 heterocycles. The van der Waals surface area contributed by atoms with Crippen LogP contribution >= 0.6 is 0 Å². The summed E-state index contributed by atoms with van der Waals surface area (Å²) in [7, 11) is 6.30. The first kappa shape index (κ1) is 34.1. The maximum Gasteiger partial charge on any atom is 0.342 e. The van der Waals surface area contributed by atoms with Gasteiger partial charge in [-0.25, -0.2) is 4.79 Å². The monoisotopic (exact) mass is 648 g/mol. The van der Waals surface area contributed by atoms with E-state index >= 15 is 0 Å². The molecule has 11 heteroatoms. The van der Waals surface area contributed by atoms with Gasteiger partial charge < -0.3 is 48.4 Å². The van der Waals surface area contributed by atoms with E-state index in [1.54, 1.807) is 44.6 Å². The van der Waals surface area contributed by atoms with E-state index in [9.17, 15) is 9.90 Å². The molecule has 0 spiro atoms. The van der Waals surface area contributed by atoms with Crippen LogP contribution in [0.2, 0.25) is 0 Å². The van der Waals surface area contributed by atoms with Crippen LogP contribution in [0.1, 0.15) is 28.7 Å². The lowest BCUT2D eigenvalue weighted by Crippen LogP contribution is -2.44. The maximum absolute atomic E-state index is 13.6. The minimum atomic E-state index is -1.99. The van der Waals surface area contributed by atoms with Gasteiger partial charge >= 0.3 is 5.97 Å². The second-order valence-corrected chi connectivity index (χ2v) is 11.7. The van der Waals surface area contributed by atoms with Crippen molar-refractivity contribution in [3.05, 3.63) is 82.4 Å². The van der Waals surface area contributed by atoms with E-state index < -0.39 is 11.8 Å². The first-order chi connectivity index (χ1) is 22.8. The van der Waals surface area contributed by atoms with Crippen molar-refractivity contribution in [1.82, 2.24) is 9.80 Å². The molecule has 252 valence electrons. The summed E-state index contributed by atoms with van der Waals surface area (Å²) >= 11 is 0. The largest absolute Gasteiger partial charge is 0.493 e. The zero-order valence-corrected chi connectivity index (χ0v) is 27.7. The molecule has 1 atom stereocenters. The van der Waals surface area contributed by atoms with E-state index in [1.807, 2.05) is 31.2 Å². The van der Waals surface area contributed by atoms with Gasteiger partial charge in [-0.1, -0.05) is 35.9 Å². The van der Waals surface area contributed by atoms with Gasteiger partial charge in [0.2, 0.25) is 12.5 Å². The van der Waals surface area contributed by atoms with Crippen LogP contribution in [0.4, 0.5) is 0 Å². The number of piperazine rings is 1. The number of cyclic esters (lactones) is 1. The number of rotatable bonds is 11. The van der Waals surface area contributed by atoms with Crippen LogP contribution in [0.25, 0.3) is 5.57 Å². The number of hydrogen-bond acceptors (Lipinski definition) is 11. The number of aliphatic hydroxyl groups is 2. The molecule has 1 saturated heterocycles. The summed E-state index contributed by atoms with van der Waals surface area (Å²) in [5.74, 6) is -0.0106. The third-order valence-corrected chi connectivity index (χ3v) is 8.62. The summed E-state index contributed by atoms with van der Waals surface area (Å²) in [4.78, 5) is 18.3. The van der Waals surface area contributed by atoms with E-state index in [1.165, 1.54) is 0 Å². The molecule has 3 aliphatic rings. The van der Waals surface area contributed by atoms with E-state index in [2.05, 4.69) is 16.8 Å². The molecule has 0 bridgehead atoms. The molecule has 0 amide bonds. The van der Waals surface area contributed by atoms with E-state index in [-0.39, 0.29) is 18.8 Å². The van der Waals surface area contributed by atoms with E-state index in [4.69, 9.17) is 33.5 Å². The van der Waals surface area contributed by atoms with Crippen LogP contribution < -0.4 is 23.7 Å². The Morgan fingerprint density at radius 1 is 0.894 bits per heavy atom. The number of fused-ring (bicyclic) bond motifs is 1. The van der Waals surface area contributed by atoms with Crippen molar-refractivity contribution >= 4 is 11.5 Å². The van der Waals surface area contributed by atoms with Gasteiger partial charge in [0.05, 0.1) is 26.4 Å². The Balaban J connectivity index is 0.00000213. The Kier molecular flexibility index (Phi) is 10.9. The van der Waals surface area contributed by atoms with Crippen molar-refractivity contribution in [2.75, 3.05) is 74.5 Å². The highest BCUT2D eigenvalue weighted by molar-refractivity contribution is 6.20. The molecule has 1 fully saturated rings. The van der Waals surface area contributed by atoms with Crippen molar-refractivity contribution in [2.24, 2.45) is 0 Å². The second kappa shape index (κ2) is 15.1. The fourth-order valence-corrected chi connectivity index (χ4v) is 6.04. The fourth-order valence-electron chi connectivity index (χ4n) is 6.04. The quantitative estimate of drug-likeness (QED) is 0.234. The van der Waals surface area contributed by atoms with Crippen molar-refractivity contribution in [3.8, 4) is 28.7 Å². The van der Waals surface area contributed by atoms with Gasteiger partial charge in [-0.05, 0) is 55.8 Å². The standard InChI is InChI=1S/C35H40N2O8.CH4O/c1-23-6-9-26(10-7-23)35(39)27(32(34(38)45-35)25-8-11-28-29(21-25)44-22-43-28)18-24-19-30(40-3)33(41-4)31(20-24)42-17-5-12-37-15-13-36(2)14-16-37;1-2/h6-11,19-21,39H,5,12-18,22H2,1-4H3;2H,1H3. The van der Waals surface area contributed by atoms with Crippen LogP contribution in [0.5, 0.6) is 28.7 Å². The fraction of sp³-hybridized carbons (Fsp3) is 0.417. The number of esters is 1. The molecule has 47 heavy (non-hydrogen) atoms. The van der Waals surface area contributed by atoms with Gasteiger partial charge in [0.1, 0.15) is 0 Å². The van der Waals surface area contributed by atoms with Crippen LogP contribution in [-0.4, -0.2) is 100 Å². The number of nitrogens with zero attached hydrogens (tertiary/aromatic N) is 2. The highest BCUT2D eigenvalue weighted by Crippen LogP contribution is 2.47. The van der Waals surface area contributed by atoms with Gasteiger partial charge in [-0.2, -0.15) is 0 Å². The minimum absolute atomic E-state index is 0.103. The maximum atomic E-state index is 13.6. The molecule has 0 saturated carbocycles. The lowest BCUT2D eigenvalue weighted by atomic mass is 9.87. The number of ether oxygens (including phenoxy) is 6. The molecule has 3 aliphatic heterocycles. The van der Waals surface area contributed by atoms with Crippen molar-refractivity contribution in [1.29, 1.82) is 0 Å². The Bertz CT molecular complexity index is 1580. The highest BCUT2D eigenvalue weighted by Gasteiger charge is 2.48. The molecule has 1 unspecified atom stereocenters. The second-order valence-electron chi connectivity index (χ2n) is 11.7. The van der Waals surface area contributed by atoms with Gasteiger partial charge in [-0.15, -0.1) is 0 Å². The first-order valence-electron chi connectivity index (χ1n) is 15.7. The van der Waals surface area contributed by atoms with Crippen molar-refractivity contribution in [3.63, 3.8) is 0 Å². The number of hydrogen-bond donors (Lipinski definition) is 2. The van der Waals surface area contributed by atoms with Gasteiger partial charge in [0, 0.05) is 57.4 Å². The smallest absolute Gasteiger partial charge is 0.342 e. The zero-order chi connectivity index (χ0) is 33.6. The molecule has 3 aromatic carbocycles. The summed E-state index contributed by atoms with van der Waals surface area (Å²) in [5.41, 5.74) is 3.43. The Hall–Kier alpha value is -4.29. The molecule has 6 rings (SSSR count).